The van der Waals surface area contributed by atoms with Gasteiger partial charge >= 0.3 is 0 Å². The lowest BCUT2D eigenvalue weighted by Crippen LogP contribution is -2.10. The predicted molar refractivity (Wildman–Crippen MR) is 76.5 cm³/mol. The summed E-state index contributed by atoms with van der Waals surface area (Å²) in [5.41, 5.74) is 0. The standard InChI is InChI=1S/C13H24N4O2/c1-4-14-11-9-12(15-7-6-8-18-3)17-13(16-11)10-19-5-2/h9H,4-8,10H2,1-3H3,(H2,14,15,16,17). The number of hydrogen-bond donors (Lipinski definition) is 2. The Bertz CT molecular complexity index is 360. The molecule has 0 unspecified atom stereocenters. The molecule has 1 aromatic rings. The highest BCUT2D eigenvalue weighted by Gasteiger charge is 2.04. The second-order valence-corrected chi connectivity index (χ2v) is 4.00. The van der Waals surface area contributed by atoms with Crippen LogP contribution in [0.1, 0.15) is 26.1 Å². The van der Waals surface area contributed by atoms with Crippen LogP contribution in [-0.2, 0) is 16.1 Å². The minimum atomic E-state index is 0.433. The third-order valence-corrected chi connectivity index (χ3v) is 2.40. The normalized spacial score (nSPS) is 10.5. The van der Waals surface area contributed by atoms with Crippen LogP contribution in [0.15, 0.2) is 6.07 Å². The van der Waals surface area contributed by atoms with E-state index in [4.69, 9.17) is 9.47 Å². The summed E-state index contributed by atoms with van der Waals surface area (Å²) in [6.07, 6.45) is 0.942. The first-order valence-electron chi connectivity index (χ1n) is 6.72. The van der Waals surface area contributed by atoms with Crippen molar-refractivity contribution in [3.05, 3.63) is 11.9 Å². The molecule has 0 radical (unpaired) electrons. The number of methoxy groups -OCH3 is 1. The Morgan fingerprint density at radius 2 is 1.89 bits per heavy atom. The van der Waals surface area contributed by atoms with Crippen LogP contribution in [0.25, 0.3) is 0 Å². The molecule has 1 aromatic heterocycles. The molecule has 0 saturated heterocycles. The zero-order valence-corrected chi connectivity index (χ0v) is 12.0. The van der Waals surface area contributed by atoms with Gasteiger partial charge in [0.1, 0.15) is 18.2 Å². The van der Waals surface area contributed by atoms with Gasteiger partial charge in [-0.25, -0.2) is 9.97 Å². The maximum Gasteiger partial charge on any atom is 0.158 e. The van der Waals surface area contributed by atoms with Crippen molar-refractivity contribution < 1.29 is 9.47 Å². The van der Waals surface area contributed by atoms with E-state index < -0.39 is 0 Å². The van der Waals surface area contributed by atoms with Crippen molar-refractivity contribution in [2.45, 2.75) is 26.9 Å². The van der Waals surface area contributed by atoms with Crippen LogP contribution >= 0.6 is 0 Å². The predicted octanol–water partition coefficient (Wildman–Crippen LogP) is 1.89. The van der Waals surface area contributed by atoms with Gasteiger partial charge in [-0.1, -0.05) is 0 Å². The topological polar surface area (TPSA) is 68.3 Å². The molecule has 108 valence electrons. The largest absolute Gasteiger partial charge is 0.385 e. The Morgan fingerprint density at radius 3 is 2.53 bits per heavy atom. The molecule has 2 N–H and O–H groups in total. The molecule has 0 atom stereocenters. The van der Waals surface area contributed by atoms with Gasteiger partial charge in [0.05, 0.1) is 0 Å². The molecule has 0 amide bonds. The number of ether oxygens (including phenoxy) is 2. The molecule has 1 rings (SSSR count). The second-order valence-electron chi connectivity index (χ2n) is 4.00. The molecule has 19 heavy (non-hydrogen) atoms. The molecule has 6 nitrogen and oxygen atoms in total. The van der Waals surface area contributed by atoms with Crippen molar-refractivity contribution in [3.8, 4) is 0 Å². The summed E-state index contributed by atoms with van der Waals surface area (Å²) in [6.45, 7) is 7.48. The summed E-state index contributed by atoms with van der Waals surface area (Å²) < 4.78 is 10.4. The van der Waals surface area contributed by atoms with Crippen molar-refractivity contribution >= 4 is 11.6 Å². The van der Waals surface area contributed by atoms with Crippen LogP contribution in [-0.4, -0.2) is 43.4 Å². The minimum Gasteiger partial charge on any atom is -0.385 e. The van der Waals surface area contributed by atoms with Gasteiger partial charge < -0.3 is 20.1 Å². The lowest BCUT2D eigenvalue weighted by molar-refractivity contribution is 0.128. The zero-order valence-electron chi connectivity index (χ0n) is 12.0. The fourth-order valence-electron chi connectivity index (χ4n) is 1.55. The van der Waals surface area contributed by atoms with E-state index in [1.54, 1.807) is 7.11 Å². The molecule has 0 aliphatic carbocycles. The highest BCUT2D eigenvalue weighted by molar-refractivity contribution is 5.47. The number of nitrogens with zero attached hydrogens (tertiary/aromatic N) is 2. The van der Waals surface area contributed by atoms with Crippen LogP contribution in [0, 0.1) is 0 Å². The minimum absolute atomic E-state index is 0.433. The molecule has 1 heterocycles. The van der Waals surface area contributed by atoms with E-state index in [1.807, 2.05) is 19.9 Å². The zero-order chi connectivity index (χ0) is 13.9. The first-order chi connectivity index (χ1) is 9.30. The summed E-state index contributed by atoms with van der Waals surface area (Å²) in [4.78, 5) is 8.82. The Balaban J connectivity index is 2.63. The number of aromatic nitrogens is 2. The van der Waals surface area contributed by atoms with E-state index in [2.05, 4.69) is 20.6 Å². The van der Waals surface area contributed by atoms with E-state index >= 15 is 0 Å². The average molecular weight is 268 g/mol. The van der Waals surface area contributed by atoms with Gasteiger partial charge in [-0.2, -0.15) is 0 Å². The van der Waals surface area contributed by atoms with Crippen molar-refractivity contribution in [2.75, 3.05) is 44.0 Å². The third kappa shape index (κ3) is 6.35. The quantitative estimate of drug-likeness (QED) is 0.632. The molecule has 0 aromatic carbocycles. The van der Waals surface area contributed by atoms with Crippen molar-refractivity contribution in [2.24, 2.45) is 0 Å². The molecule has 0 fully saturated rings. The fraction of sp³-hybridized carbons (Fsp3) is 0.692. The van der Waals surface area contributed by atoms with Gasteiger partial charge in [0.15, 0.2) is 5.82 Å². The highest BCUT2D eigenvalue weighted by atomic mass is 16.5. The molecule has 0 saturated carbocycles. The number of nitrogens with one attached hydrogen (secondary N) is 2. The van der Waals surface area contributed by atoms with Crippen molar-refractivity contribution in [1.82, 2.24) is 9.97 Å². The van der Waals surface area contributed by atoms with Crippen LogP contribution in [0.3, 0.4) is 0 Å². The van der Waals surface area contributed by atoms with E-state index in [0.29, 0.717) is 19.0 Å². The summed E-state index contributed by atoms with van der Waals surface area (Å²) in [6, 6.07) is 1.91. The van der Waals surface area contributed by atoms with Crippen LogP contribution in [0.4, 0.5) is 11.6 Å². The number of hydrogen-bond acceptors (Lipinski definition) is 6. The van der Waals surface area contributed by atoms with Gasteiger partial charge in [-0.3, -0.25) is 0 Å². The molecule has 0 spiro atoms. The Morgan fingerprint density at radius 1 is 1.16 bits per heavy atom. The molecule has 0 bridgehead atoms. The second kappa shape index (κ2) is 9.52. The molecule has 0 aliphatic heterocycles. The SMILES string of the molecule is CCNc1cc(NCCCOC)nc(COCC)n1. The van der Waals surface area contributed by atoms with E-state index in [0.717, 1.165) is 37.8 Å². The van der Waals surface area contributed by atoms with Crippen molar-refractivity contribution in [1.29, 1.82) is 0 Å². The summed E-state index contributed by atoms with van der Waals surface area (Å²) >= 11 is 0. The van der Waals surface area contributed by atoms with E-state index in [9.17, 15) is 0 Å². The first kappa shape index (κ1) is 15.7. The van der Waals surface area contributed by atoms with Gasteiger partial charge in [0.2, 0.25) is 0 Å². The Labute approximate surface area is 114 Å². The Hall–Kier alpha value is -1.40. The smallest absolute Gasteiger partial charge is 0.158 e. The number of anilines is 2. The molecule has 0 aliphatic rings. The lowest BCUT2D eigenvalue weighted by Gasteiger charge is -2.10. The van der Waals surface area contributed by atoms with Gasteiger partial charge in [-0.15, -0.1) is 0 Å². The van der Waals surface area contributed by atoms with Crippen LogP contribution < -0.4 is 10.6 Å². The maximum atomic E-state index is 5.35. The van der Waals surface area contributed by atoms with Crippen LogP contribution in [0.2, 0.25) is 0 Å². The van der Waals surface area contributed by atoms with E-state index in [-0.39, 0.29) is 0 Å². The molecular weight excluding hydrogens is 244 g/mol. The average Bonchev–Trinajstić information content (AvgIpc) is 2.42. The summed E-state index contributed by atoms with van der Waals surface area (Å²) in [7, 11) is 1.70. The monoisotopic (exact) mass is 268 g/mol. The van der Waals surface area contributed by atoms with Gasteiger partial charge in [0, 0.05) is 39.5 Å². The summed E-state index contributed by atoms with van der Waals surface area (Å²) in [5, 5.41) is 6.46. The molecular formula is C13H24N4O2. The third-order valence-electron chi connectivity index (χ3n) is 2.40. The van der Waals surface area contributed by atoms with Crippen molar-refractivity contribution in [3.63, 3.8) is 0 Å². The number of rotatable bonds is 10. The Kier molecular flexibility index (Phi) is 7.84. The summed E-state index contributed by atoms with van der Waals surface area (Å²) in [5.74, 6) is 2.33. The lowest BCUT2D eigenvalue weighted by atomic mass is 10.4. The fourth-order valence-corrected chi connectivity index (χ4v) is 1.55. The van der Waals surface area contributed by atoms with E-state index in [1.165, 1.54) is 0 Å². The highest BCUT2D eigenvalue weighted by Crippen LogP contribution is 2.12. The maximum absolute atomic E-state index is 5.35. The van der Waals surface area contributed by atoms with Gasteiger partial charge in [0.25, 0.3) is 0 Å². The molecule has 6 heteroatoms. The first-order valence-corrected chi connectivity index (χ1v) is 6.72. The van der Waals surface area contributed by atoms with Crippen LogP contribution in [0.5, 0.6) is 0 Å². The van der Waals surface area contributed by atoms with Gasteiger partial charge in [-0.05, 0) is 20.3 Å².